The molecule has 0 amide bonds. The molecule has 0 bridgehead atoms. The van der Waals surface area contributed by atoms with Gasteiger partial charge in [-0.2, -0.15) is 0 Å². The summed E-state index contributed by atoms with van der Waals surface area (Å²) >= 11 is 0. The van der Waals surface area contributed by atoms with Crippen LogP contribution in [-0.4, -0.2) is 11.9 Å². The first-order chi connectivity index (χ1) is 12.8. The predicted molar refractivity (Wildman–Crippen MR) is 109 cm³/mol. The van der Waals surface area contributed by atoms with E-state index < -0.39 is 0 Å². The van der Waals surface area contributed by atoms with Gasteiger partial charge in [-0.3, -0.25) is 9.59 Å². The van der Waals surface area contributed by atoms with Gasteiger partial charge in [0.2, 0.25) is 0 Å². The molecule has 0 saturated carbocycles. The lowest BCUT2D eigenvalue weighted by molar-refractivity contribution is -0.137. The van der Waals surface area contributed by atoms with Gasteiger partial charge >= 0.3 is 11.9 Å². The molecule has 0 aliphatic carbocycles. The van der Waals surface area contributed by atoms with Crippen molar-refractivity contribution in [1.82, 2.24) is 0 Å². The zero-order valence-corrected chi connectivity index (χ0v) is 17.7. The molecule has 0 unspecified atom stereocenters. The fourth-order valence-corrected chi connectivity index (χ4v) is 2.61. The van der Waals surface area contributed by atoms with E-state index in [4.69, 9.17) is 9.47 Å². The van der Waals surface area contributed by atoms with Crippen LogP contribution in [0.3, 0.4) is 0 Å². The summed E-state index contributed by atoms with van der Waals surface area (Å²) in [6, 6.07) is 5.54. The quantitative estimate of drug-likeness (QED) is 0.251. The topological polar surface area (TPSA) is 52.6 Å². The Labute approximate surface area is 164 Å². The SMILES string of the molecule is CCCCCc1ccc(OC(=O)CCC(C)C)c(OC(=O)CCC(C)C)c1. The number of hydrogen-bond donors (Lipinski definition) is 0. The van der Waals surface area contributed by atoms with Crippen LogP contribution < -0.4 is 9.47 Å². The molecular weight excluding hydrogens is 340 g/mol. The molecule has 1 rings (SSSR count). The Kier molecular flexibility index (Phi) is 10.8. The summed E-state index contributed by atoms with van der Waals surface area (Å²) in [6.07, 6.45) is 6.60. The number of rotatable bonds is 12. The molecular formula is C23H36O4. The van der Waals surface area contributed by atoms with Crippen molar-refractivity contribution in [1.29, 1.82) is 0 Å². The van der Waals surface area contributed by atoms with E-state index in [2.05, 4.69) is 34.6 Å². The van der Waals surface area contributed by atoms with Gasteiger partial charge in [-0.15, -0.1) is 0 Å². The highest BCUT2D eigenvalue weighted by Crippen LogP contribution is 2.30. The molecule has 0 saturated heterocycles. The number of unbranched alkanes of at least 4 members (excludes halogenated alkanes) is 2. The Bertz CT molecular complexity index is 590. The molecule has 152 valence electrons. The third kappa shape index (κ3) is 10.2. The monoisotopic (exact) mass is 376 g/mol. The fourth-order valence-electron chi connectivity index (χ4n) is 2.61. The van der Waals surface area contributed by atoms with Gasteiger partial charge in [-0.05, 0) is 55.2 Å². The number of esters is 2. The van der Waals surface area contributed by atoms with E-state index in [-0.39, 0.29) is 11.9 Å². The molecule has 0 aliphatic heterocycles. The maximum absolute atomic E-state index is 12.2. The predicted octanol–water partition coefficient (Wildman–Crippen LogP) is 6.10. The standard InChI is InChI=1S/C23H36O4/c1-6-7-8-9-19-12-13-20(26-22(24)14-10-17(2)3)21(16-19)27-23(25)15-11-18(4)5/h12-13,16-18H,6-11,14-15H2,1-5H3. The van der Waals surface area contributed by atoms with Gasteiger partial charge in [0.05, 0.1) is 0 Å². The highest BCUT2D eigenvalue weighted by Gasteiger charge is 2.15. The van der Waals surface area contributed by atoms with Crippen molar-refractivity contribution >= 4 is 11.9 Å². The third-order valence-corrected chi connectivity index (χ3v) is 4.38. The van der Waals surface area contributed by atoms with Crippen molar-refractivity contribution in [2.45, 2.75) is 86.0 Å². The molecule has 0 fully saturated rings. The van der Waals surface area contributed by atoms with E-state index >= 15 is 0 Å². The smallest absolute Gasteiger partial charge is 0.311 e. The van der Waals surface area contributed by atoms with Gasteiger partial charge in [-0.25, -0.2) is 0 Å². The van der Waals surface area contributed by atoms with Crippen molar-refractivity contribution in [3.8, 4) is 11.5 Å². The Morgan fingerprint density at radius 3 is 1.93 bits per heavy atom. The first-order valence-corrected chi connectivity index (χ1v) is 10.4. The zero-order chi connectivity index (χ0) is 20.2. The van der Waals surface area contributed by atoms with Crippen molar-refractivity contribution in [2.75, 3.05) is 0 Å². The Hall–Kier alpha value is -1.84. The summed E-state index contributed by atoms with van der Waals surface area (Å²) in [4.78, 5) is 24.3. The molecule has 0 N–H and O–H groups in total. The van der Waals surface area contributed by atoms with Crippen LogP contribution in [0.15, 0.2) is 18.2 Å². The minimum Gasteiger partial charge on any atom is -0.423 e. The van der Waals surface area contributed by atoms with Gasteiger partial charge in [0, 0.05) is 12.8 Å². The number of hydrogen-bond acceptors (Lipinski definition) is 4. The summed E-state index contributed by atoms with van der Waals surface area (Å²) in [5.41, 5.74) is 1.09. The van der Waals surface area contributed by atoms with Crippen LogP contribution in [-0.2, 0) is 16.0 Å². The van der Waals surface area contributed by atoms with Crippen molar-refractivity contribution in [2.24, 2.45) is 11.8 Å². The van der Waals surface area contributed by atoms with E-state index in [0.29, 0.717) is 36.2 Å². The van der Waals surface area contributed by atoms with E-state index in [1.54, 1.807) is 6.07 Å². The normalized spacial score (nSPS) is 11.1. The van der Waals surface area contributed by atoms with E-state index in [1.165, 1.54) is 0 Å². The lowest BCUT2D eigenvalue weighted by Gasteiger charge is -2.13. The maximum Gasteiger partial charge on any atom is 0.311 e. The largest absolute Gasteiger partial charge is 0.423 e. The molecule has 27 heavy (non-hydrogen) atoms. The summed E-state index contributed by atoms with van der Waals surface area (Å²) < 4.78 is 11.0. The number of aryl methyl sites for hydroxylation is 1. The van der Waals surface area contributed by atoms with E-state index in [0.717, 1.165) is 44.1 Å². The van der Waals surface area contributed by atoms with Gasteiger partial charge < -0.3 is 9.47 Å². The van der Waals surface area contributed by atoms with Gasteiger partial charge in [0.15, 0.2) is 11.5 Å². The average molecular weight is 377 g/mol. The molecule has 4 nitrogen and oxygen atoms in total. The highest BCUT2D eigenvalue weighted by molar-refractivity contribution is 5.76. The van der Waals surface area contributed by atoms with Crippen LogP contribution in [0.25, 0.3) is 0 Å². The van der Waals surface area contributed by atoms with Crippen LogP contribution in [0, 0.1) is 11.8 Å². The average Bonchev–Trinajstić information content (AvgIpc) is 2.60. The molecule has 1 aromatic rings. The Balaban J connectivity index is 2.85. The molecule has 0 aliphatic rings. The minimum atomic E-state index is -0.290. The zero-order valence-electron chi connectivity index (χ0n) is 17.7. The summed E-state index contributed by atoms with van der Waals surface area (Å²) in [5, 5.41) is 0. The number of carbonyl (C=O) groups excluding carboxylic acids is 2. The van der Waals surface area contributed by atoms with Crippen LogP contribution >= 0.6 is 0 Å². The molecule has 0 spiro atoms. The summed E-state index contributed by atoms with van der Waals surface area (Å²) in [6.45, 7) is 10.5. The van der Waals surface area contributed by atoms with Crippen LogP contribution in [0.2, 0.25) is 0 Å². The van der Waals surface area contributed by atoms with Gasteiger partial charge in [0.25, 0.3) is 0 Å². The van der Waals surface area contributed by atoms with Crippen molar-refractivity contribution < 1.29 is 19.1 Å². The Morgan fingerprint density at radius 2 is 1.41 bits per heavy atom. The molecule has 4 heteroatoms. The second kappa shape index (κ2) is 12.5. The lowest BCUT2D eigenvalue weighted by Crippen LogP contribution is -2.13. The van der Waals surface area contributed by atoms with Gasteiger partial charge in [-0.1, -0.05) is 53.5 Å². The minimum absolute atomic E-state index is 0.283. The molecule has 0 heterocycles. The third-order valence-electron chi connectivity index (χ3n) is 4.38. The van der Waals surface area contributed by atoms with E-state index in [1.807, 2.05) is 12.1 Å². The lowest BCUT2D eigenvalue weighted by atomic mass is 10.1. The molecule has 0 atom stereocenters. The first-order valence-electron chi connectivity index (χ1n) is 10.4. The second-order valence-corrected chi connectivity index (χ2v) is 8.05. The first kappa shape index (κ1) is 23.2. The number of ether oxygens (including phenoxy) is 2. The van der Waals surface area contributed by atoms with Crippen molar-refractivity contribution in [3.05, 3.63) is 23.8 Å². The molecule has 0 radical (unpaired) electrons. The maximum atomic E-state index is 12.2. The Morgan fingerprint density at radius 1 is 0.852 bits per heavy atom. The highest BCUT2D eigenvalue weighted by atomic mass is 16.6. The molecule has 0 aromatic heterocycles. The van der Waals surface area contributed by atoms with Crippen molar-refractivity contribution in [3.63, 3.8) is 0 Å². The molecule has 1 aromatic carbocycles. The van der Waals surface area contributed by atoms with Crippen LogP contribution in [0.5, 0.6) is 11.5 Å². The summed E-state index contributed by atoms with van der Waals surface area (Å²) in [5.74, 6) is 0.991. The fraction of sp³-hybridized carbons (Fsp3) is 0.652. The second-order valence-electron chi connectivity index (χ2n) is 8.05. The van der Waals surface area contributed by atoms with Crippen LogP contribution in [0.4, 0.5) is 0 Å². The number of carbonyl (C=O) groups is 2. The summed E-state index contributed by atoms with van der Waals surface area (Å²) in [7, 11) is 0. The van der Waals surface area contributed by atoms with E-state index in [9.17, 15) is 9.59 Å². The van der Waals surface area contributed by atoms with Gasteiger partial charge in [0.1, 0.15) is 0 Å². The number of benzene rings is 1. The van der Waals surface area contributed by atoms with Crippen LogP contribution in [0.1, 0.15) is 85.1 Å².